The monoisotopic (exact) mass is 575 g/mol. The van der Waals surface area contributed by atoms with E-state index in [9.17, 15) is 14.4 Å². The van der Waals surface area contributed by atoms with Crippen molar-refractivity contribution in [2.24, 2.45) is 11.3 Å². The molecule has 8 nitrogen and oxygen atoms in total. The summed E-state index contributed by atoms with van der Waals surface area (Å²) in [7, 11) is 6.69. The van der Waals surface area contributed by atoms with Crippen molar-refractivity contribution in [3.8, 4) is 0 Å². The van der Waals surface area contributed by atoms with Gasteiger partial charge in [-0.2, -0.15) is 0 Å². The molecule has 0 heterocycles. The van der Waals surface area contributed by atoms with E-state index in [0.717, 1.165) is 38.5 Å². The largest absolute Gasteiger partial charge is 0.449 e. The lowest BCUT2D eigenvalue weighted by Crippen LogP contribution is -2.40. The van der Waals surface area contributed by atoms with Crippen LogP contribution in [-0.2, 0) is 14.3 Å². The summed E-state index contributed by atoms with van der Waals surface area (Å²) >= 11 is 0. The SMILES string of the molecule is CCCC(CCC)C(=O)N(C)CCN(C)C(=O)OCCSSCCOC(=O)NCC1(CCC)CCCCC1. The lowest BCUT2D eigenvalue weighted by molar-refractivity contribution is -0.134. The molecule has 0 aliphatic heterocycles. The molecule has 0 aromatic heterocycles. The van der Waals surface area contributed by atoms with Crippen LogP contribution in [0, 0.1) is 11.3 Å². The van der Waals surface area contributed by atoms with Gasteiger partial charge in [0.15, 0.2) is 0 Å². The topological polar surface area (TPSA) is 88.2 Å². The van der Waals surface area contributed by atoms with Gasteiger partial charge in [0.05, 0.1) is 0 Å². The van der Waals surface area contributed by atoms with E-state index in [0.29, 0.717) is 44.4 Å². The first-order chi connectivity index (χ1) is 18.3. The summed E-state index contributed by atoms with van der Waals surface area (Å²) in [5, 5.41) is 2.99. The fraction of sp³-hybridized carbons (Fsp3) is 0.893. The van der Waals surface area contributed by atoms with E-state index < -0.39 is 0 Å². The zero-order chi connectivity index (χ0) is 28.2. The van der Waals surface area contributed by atoms with Gasteiger partial charge in [0.25, 0.3) is 0 Å². The van der Waals surface area contributed by atoms with Gasteiger partial charge in [-0.25, -0.2) is 9.59 Å². The van der Waals surface area contributed by atoms with E-state index >= 15 is 0 Å². The first kappa shape index (κ1) is 34.7. The smallest absolute Gasteiger partial charge is 0.409 e. The summed E-state index contributed by atoms with van der Waals surface area (Å²) in [5.74, 6) is 1.57. The lowest BCUT2D eigenvalue weighted by Gasteiger charge is -2.37. The molecule has 1 saturated carbocycles. The molecule has 0 radical (unpaired) electrons. The highest BCUT2D eigenvalue weighted by Crippen LogP contribution is 2.39. The Morgan fingerprint density at radius 1 is 0.842 bits per heavy atom. The fourth-order valence-electron chi connectivity index (χ4n) is 5.12. The second-order valence-electron chi connectivity index (χ2n) is 10.5. The summed E-state index contributed by atoms with van der Waals surface area (Å²) in [6.45, 7) is 8.73. The molecule has 1 rings (SSSR count). The third-order valence-corrected chi connectivity index (χ3v) is 9.59. The Bertz CT molecular complexity index is 665. The van der Waals surface area contributed by atoms with Crippen molar-refractivity contribution in [1.82, 2.24) is 15.1 Å². The minimum Gasteiger partial charge on any atom is -0.449 e. The molecule has 0 aromatic rings. The standard InChI is InChI=1S/C28H53N3O5S2/c1-6-12-24(13-7-2)25(32)30(4)17-18-31(5)27(34)36-20-22-38-37-21-19-35-26(33)29-23-28(14-8-3)15-10-9-11-16-28/h24H,6-23H2,1-5H3,(H,29,33). The predicted octanol–water partition coefficient (Wildman–Crippen LogP) is 6.59. The zero-order valence-electron chi connectivity index (χ0n) is 24.6. The van der Waals surface area contributed by atoms with Gasteiger partial charge in [-0.05, 0) is 37.5 Å². The number of likely N-dealkylation sites (N-methyl/N-ethyl adjacent to an activating group) is 2. The predicted molar refractivity (Wildman–Crippen MR) is 160 cm³/mol. The van der Waals surface area contributed by atoms with Crippen molar-refractivity contribution in [1.29, 1.82) is 0 Å². The van der Waals surface area contributed by atoms with Crippen molar-refractivity contribution in [3.63, 3.8) is 0 Å². The highest BCUT2D eigenvalue weighted by atomic mass is 33.1. The van der Waals surface area contributed by atoms with E-state index in [1.165, 1.54) is 37.0 Å². The summed E-state index contributed by atoms with van der Waals surface area (Å²) < 4.78 is 10.7. The average molecular weight is 576 g/mol. The quantitative estimate of drug-likeness (QED) is 0.137. The van der Waals surface area contributed by atoms with Crippen LogP contribution in [-0.4, -0.2) is 86.3 Å². The van der Waals surface area contributed by atoms with Gasteiger partial charge >= 0.3 is 12.2 Å². The molecule has 10 heteroatoms. The van der Waals surface area contributed by atoms with Crippen LogP contribution < -0.4 is 5.32 Å². The van der Waals surface area contributed by atoms with Crippen LogP contribution in [0.25, 0.3) is 0 Å². The molecule has 3 amide bonds. The maximum Gasteiger partial charge on any atom is 0.409 e. The molecule has 0 atom stereocenters. The van der Waals surface area contributed by atoms with Crippen LogP contribution in [0.4, 0.5) is 9.59 Å². The molecule has 38 heavy (non-hydrogen) atoms. The molecule has 0 unspecified atom stereocenters. The molecule has 1 aliphatic rings. The van der Waals surface area contributed by atoms with Gasteiger partial charge in [0.2, 0.25) is 5.91 Å². The number of nitrogens with zero attached hydrogens (tertiary/aromatic N) is 2. The van der Waals surface area contributed by atoms with Crippen molar-refractivity contribution in [2.45, 2.75) is 91.4 Å². The minimum absolute atomic E-state index is 0.0704. The molecule has 0 bridgehead atoms. The Balaban J connectivity index is 2.10. The van der Waals surface area contributed by atoms with Crippen molar-refractivity contribution in [3.05, 3.63) is 0 Å². The zero-order valence-corrected chi connectivity index (χ0v) is 26.2. The first-order valence-corrected chi connectivity index (χ1v) is 17.0. The summed E-state index contributed by atoms with van der Waals surface area (Å²) in [6.07, 6.45) is 11.6. The van der Waals surface area contributed by atoms with Crippen LogP contribution >= 0.6 is 21.6 Å². The van der Waals surface area contributed by atoms with Crippen molar-refractivity contribution < 1.29 is 23.9 Å². The van der Waals surface area contributed by atoms with Crippen LogP contribution in [0.1, 0.15) is 91.4 Å². The highest BCUT2D eigenvalue weighted by Gasteiger charge is 2.31. The number of carbonyl (C=O) groups excluding carboxylic acids is 3. The maximum absolute atomic E-state index is 12.7. The maximum atomic E-state index is 12.7. The first-order valence-electron chi connectivity index (χ1n) is 14.6. The summed E-state index contributed by atoms with van der Waals surface area (Å²) in [6, 6.07) is 0. The van der Waals surface area contributed by atoms with Gasteiger partial charge in [0, 0.05) is 51.2 Å². The van der Waals surface area contributed by atoms with E-state index in [2.05, 4.69) is 26.1 Å². The second-order valence-corrected chi connectivity index (χ2v) is 13.2. The minimum atomic E-state index is -0.381. The number of carbonyl (C=O) groups is 3. The number of hydrogen-bond acceptors (Lipinski definition) is 7. The second kappa shape index (κ2) is 20.6. The molecule has 0 saturated heterocycles. The van der Waals surface area contributed by atoms with E-state index in [-0.39, 0.29) is 29.4 Å². The van der Waals surface area contributed by atoms with Gasteiger partial charge in [-0.3, -0.25) is 4.79 Å². The number of nitrogens with one attached hydrogen (secondary N) is 1. The Hall–Kier alpha value is -1.29. The van der Waals surface area contributed by atoms with Crippen LogP contribution in [0.3, 0.4) is 0 Å². The molecule has 222 valence electrons. The number of amides is 3. The third kappa shape index (κ3) is 14.2. The fourth-order valence-corrected chi connectivity index (χ4v) is 6.77. The number of alkyl carbamates (subject to hydrolysis) is 1. The Morgan fingerprint density at radius 3 is 2.00 bits per heavy atom. The average Bonchev–Trinajstić information content (AvgIpc) is 2.91. The molecular weight excluding hydrogens is 522 g/mol. The Kier molecular flexibility index (Phi) is 18.8. The van der Waals surface area contributed by atoms with Gasteiger partial charge < -0.3 is 24.6 Å². The number of ether oxygens (including phenoxy) is 2. The van der Waals surface area contributed by atoms with Crippen molar-refractivity contribution >= 4 is 39.7 Å². The van der Waals surface area contributed by atoms with Crippen molar-refractivity contribution in [2.75, 3.05) is 58.4 Å². The summed E-state index contributed by atoms with van der Waals surface area (Å²) in [5.41, 5.74) is 0.252. The van der Waals surface area contributed by atoms with Crippen LogP contribution in [0.5, 0.6) is 0 Å². The van der Waals surface area contributed by atoms with Gasteiger partial charge in [0.1, 0.15) is 13.2 Å². The number of rotatable bonds is 19. The molecular formula is C28H53N3O5S2. The normalized spacial score (nSPS) is 14.7. The van der Waals surface area contributed by atoms with Gasteiger partial charge in [-0.1, -0.05) is 80.9 Å². The van der Waals surface area contributed by atoms with E-state index in [1.54, 1.807) is 40.6 Å². The van der Waals surface area contributed by atoms with E-state index in [1.807, 2.05) is 0 Å². The van der Waals surface area contributed by atoms with Crippen LogP contribution in [0.15, 0.2) is 0 Å². The molecule has 1 N–H and O–H groups in total. The Labute approximate surface area is 239 Å². The number of hydrogen-bond donors (Lipinski definition) is 1. The van der Waals surface area contributed by atoms with Crippen LogP contribution in [0.2, 0.25) is 0 Å². The highest BCUT2D eigenvalue weighted by molar-refractivity contribution is 8.76. The van der Waals surface area contributed by atoms with Gasteiger partial charge in [-0.15, -0.1) is 0 Å². The summed E-state index contributed by atoms with van der Waals surface area (Å²) in [4.78, 5) is 40.2. The molecule has 1 fully saturated rings. The molecule has 1 aliphatic carbocycles. The Morgan fingerprint density at radius 2 is 1.42 bits per heavy atom. The van der Waals surface area contributed by atoms with E-state index in [4.69, 9.17) is 9.47 Å². The lowest BCUT2D eigenvalue weighted by atomic mass is 9.71. The molecule has 0 spiro atoms. The third-order valence-electron chi connectivity index (χ3n) is 7.26. The molecule has 0 aromatic carbocycles.